The predicted octanol–water partition coefficient (Wildman–Crippen LogP) is 10.1. The number of anilines is 4. The summed E-state index contributed by atoms with van der Waals surface area (Å²) in [6.07, 6.45) is 1.18. The number of carbonyl (C=O) groups is 2. The Balaban J connectivity index is 1.06. The van der Waals surface area contributed by atoms with Crippen molar-refractivity contribution in [3.8, 4) is 11.5 Å². The molecule has 0 saturated heterocycles. The lowest BCUT2D eigenvalue weighted by Gasteiger charge is -2.36. The minimum absolute atomic E-state index is 0.0635. The predicted molar refractivity (Wildman–Crippen MR) is 232 cm³/mol. The number of benzene rings is 7. The lowest BCUT2D eigenvalue weighted by molar-refractivity contribution is 0.0147. The first-order chi connectivity index (χ1) is 28.9. The lowest BCUT2D eigenvalue weighted by Crippen LogP contribution is -2.33. The van der Waals surface area contributed by atoms with E-state index in [0.717, 1.165) is 50.7 Å². The minimum Gasteiger partial charge on any atom is -0.497 e. The molecule has 0 saturated carbocycles. The van der Waals surface area contributed by atoms with Crippen LogP contribution in [0.25, 0.3) is 0 Å². The van der Waals surface area contributed by atoms with Crippen molar-refractivity contribution < 1.29 is 28.9 Å². The highest BCUT2D eigenvalue weighted by atomic mass is 16.5. The number of carbonyl (C=O) groups excluding carboxylic acids is 2. The largest absolute Gasteiger partial charge is 0.497 e. The number of ether oxygens (including phenoxy) is 3. The first kappa shape index (κ1) is 38.9. The second kappa shape index (κ2) is 17.2. The van der Waals surface area contributed by atoms with Gasteiger partial charge in [0, 0.05) is 29.1 Å². The van der Waals surface area contributed by atoms with Crippen LogP contribution in [-0.2, 0) is 23.2 Å². The standard InChI is InChI=1S/C51H44N2O6/c1-57-41-24-16-37(17-25-41)51(36-8-4-3-5-9-36,38-18-26-42(58-2)27-19-38)59-33-31-35-14-22-40(23-15-35)53-46-29-28-45(52-39-20-12-34(13-21-39)30-32-54)47-48(46)50(56)44-11-7-6-10-43(44)49(47)55/h3-29,52-54H,30-33H2,1-2H3. The Morgan fingerprint density at radius 1 is 0.492 bits per heavy atom. The van der Waals surface area contributed by atoms with Crippen molar-refractivity contribution in [3.05, 3.63) is 214 Å². The summed E-state index contributed by atoms with van der Waals surface area (Å²) >= 11 is 0. The zero-order chi connectivity index (χ0) is 40.8. The van der Waals surface area contributed by atoms with E-state index in [1.165, 1.54) is 0 Å². The van der Waals surface area contributed by atoms with Gasteiger partial charge in [-0.05, 0) is 101 Å². The zero-order valence-corrected chi connectivity index (χ0v) is 32.9. The van der Waals surface area contributed by atoms with Crippen molar-refractivity contribution in [2.45, 2.75) is 18.4 Å². The fourth-order valence-corrected chi connectivity index (χ4v) is 7.78. The first-order valence-electron chi connectivity index (χ1n) is 19.6. The summed E-state index contributed by atoms with van der Waals surface area (Å²) in [7, 11) is 3.31. The molecule has 0 heterocycles. The summed E-state index contributed by atoms with van der Waals surface area (Å²) in [4.78, 5) is 28.2. The third-order valence-electron chi connectivity index (χ3n) is 10.8. The van der Waals surface area contributed by atoms with Crippen molar-refractivity contribution in [1.29, 1.82) is 0 Å². The van der Waals surface area contributed by atoms with Crippen LogP contribution in [0.4, 0.5) is 22.7 Å². The molecular formula is C51H44N2O6. The normalized spacial score (nSPS) is 12.1. The number of ketones is 2. The Morgan fingerprint density at radius 2 is 0.915 bits per heavy atom. The molecule has 0 amide bonds. The zero-order valence-electron chi connectivity index (χ0n) is 32.9. The van der Waals surface area contributed by atoms with E-state index >= 15 is 0 Å². The van der Waals surface area contributed by atoms with E-state index in [2.05, 4.69) is 22.8 Å². The number of rotatable bonds is 15. The van der Waals surface area contributed by atoms with E-state index < -0.39 is 5.60 Å². The number of aliphatic hydroxyl groups is 1. The van der Waals surface area contributed by atoms with Gasteiger partial charge in [0.2, 0.25) is 0 Å². The number of fused-ring (bicyclic) bond motifs is 2. The number of hydrogen-bond acceptors (Lipinski definition) is 8. The molecule has 0 aliphatic heterocycles. The van der Waals surface area contributed by atoms with Gasteiger partial charge in [0.15, 0.2) is 11.6 Å². The van der Waals surface area contributed by atoms with Gasteiger partial charge in [-0.1, -0.05) is 103 Å². The lowest BCUT2D eigenvalue weighted by atomic mass is 9.80. The molecule has 0 unspecified atom stereocenters. The van der Waals surface area contributed by atoms with Crippen LogP contribution in [0.15, 0.2) is 164 Å². The molecule has 0 bridgehead atoms. The number of methoxy groups -OCH3 is 2. The van der Waals surface area contributed by atoms with E-state index in [1.54, 1.807) is 38.5 Å². The van der Waals surface area contributed by atoms with Gasteiger partial charge in [0.05, 0.1) is 43.3 Å². The molecule has 59 heavy (non-hydrogen) atoms. The molecule has 1 aliphatic carbocycles. The van der Waals surface area contributed by atoms with E-state index in [9.17, 15) is 14.7 Å². The number of hydrogen-bond donors (Lipinski definition) is 3. The maximum absolute atomic E-state index is 14.1. The Kier molecular flexibility index (Phi) is 11.4. The topological polar surface area (TPSA) is 106 Å². The second-order valence-corrected chi connectivity index (χ2v) is 14.3. The van der Waals surface area contributed by atoms with E-state index in [1.807, 2.05) is 127 Å². The monoisotopic (exact) mass is 780 g/mol. The minimum atomic E-state index is -0.923. The summed E-state index contributed by atoms with van der Waals surface area (Å²) in [6, 6.07) is 52.5. The smallest absolute Gasteiger partial charge is 0.196 e. The van der Waals surface area contributed by atoms with E-state index in [0.29, 0.717) is 53.1 Å². The molecule has 1 aliphatic rings. The quantitative estimate of drug-likeness (QED) is 0.0884. The van der Waals surface area contributed by atoms with Crippen molar-refractivity contribution in [2.75, 3.05) is 38.1 Å². The van der Waals surface area contributed by atoms with Crippen LogP contribution in [0.3, 0.4) is 0 Å². The first-order valence-corrected chi connectivity index (χ1v) is 19.6. The van der Waals surface area contributed by atoms with Gasteiger partial charge in [-0.15, -0.1) is 0 Å². The molecule has 8 heteroatoms. The fourth-order valence-electron chi connectivity index (χ4n) is 7.78. The maximum Gasteiger partial charge on any atom is 0.196 e. The molecule has 8 rings (SSSR count). The fraction of sp³-hybridized carbons (Fsp3) is 0.137. The highest BCUT2D eigenvalue weighted by molar-refractivity contribution is 6.32. The van der Waals surface area contributed by atoms with Crippen LogP contribution in [-0.4, -0.2) is 44.1 Å². The molecule has 8 nitrogen and oxygen atoms in total. The van der Waals surface area contributed by atoms with Crippen molar-refractivity contribution in [3.63, 3.8) is 0 Å². The van der Waals surface area contributed by atoms with Gasteiger partial charge in [-0.2, -0.15) is 0 Å². The molecule has 7 aromatic carbocycles. The molecule has 0 fully saturated rings. The SMILES string of the molecule is COc1ccc(C(OCCc2ccc(Nc3ccc(Nc4ccc(CCO)cc4)c4c3C(=O)c3ccccc3C4=O)cc2)(c2ccccc2)c2ccc(OC)cc2)cc1. The summed E-state index contributed by atoms with van der Waals surface area (Å²) in [5.74, 6) is 1.08. The van der Waals surface area contributed by atoms with Crippen LogP contribution in [0.2, 0.25) is 0 Å². The Bertz CT molecular complexity index is 2520. The molecule has 0 radical (unpaired) electrons. The van der Waals surface area contributed by atoms with Crippen molar-refractivity contribution in [1.82, 2.24) is 0 Å². The van der Waals surface area contributed by atoms with Gasteiger partial charge < -0.3 is 30.0 Å². The average Bonchev–Trinajstić information content (AvgIpc) is 3.29. The van der Waals surface area contributed by atoms with Crippen LogP contribution >= 0.6 is 0 Å². The molecule has 3 N–H and O–H groups in total. The molecule has 7 aromatic rings. The summed E-state index contributed by atoms with van der Waals surface area (Å²) in [6.45, 7) is 0.468. The maximum atomic E-state index is 14.1. The summed E-state index contributed by atoms with van der Waals surface area (Å²) in [5, 5.41) is 16.1. The Hall–Kier alpha value is -7.00. The molecular weight excluding hydrogens is 737 g/mol. The number of aliphatic hydroxyl groups excluding tert-OH is 1. The second-order valence-electron chi connectivity index (χ2n) is 14.3. The van der Waals surface area contributed by atoms with E-state index in [-0.39, 0.29) is 18.2 Å². The molecule has 0 spiro atoms. The van der Waals surface area contributed by atoms with Crippen LogP contribution in [0.1, 0.15) is 59.7 Å². The van der Waals surface area contributed by atoms with Crippen molar-refractivity contribution in [2.24, 2.45) is 0 Å². The third kappa shape index (κ3) is 7.84. The average molecular weight is 781 g/mol. The van der Waals surface area contributed by atoms with Gasteiger partial charge in [0.25, 0.3) is 0 Å². The molecule has 294 valence electrons. The highest BCUT2D eigenvalue weighted by Crippen LogP contribution is 2.42. The van der Waals surface area contributed by atoms with Crippen LogP contribution in [0.5, 0.6) is 11.5 Å². The van der Waals surface area contributed by atoms with Gasteiger partial charge >= 0.3 is 0 Å². The van der Waals surface area contributed by atoms with Crippen LogP contribution < -0.4 is 20.1 Å². The van der Waals surface area contributed by atoms with Gasteiger partial charge in [-0.3, -0.25) is 9.59 Å². The van der Waals surface area contributed by atoms with E-state index in [4.69, 9.17) is 14.2 Å². The molecule has 0 aromatic heterocycles. The number of nitrogens with one attached hydrogen (secondary N) is 2. The highest BCUT2D eigenvalue weighted by Gasteiger charge is 2.38. The van der Waals surface area contributed by atoms with Gasteiger partial charge in [0.1, 0.15) is 17.1 Å². The van der Waals surface area contributed by atoms with Gasteiger partial charge in [-0.25, -0.2) is 0 Å². The van der Waals surface area contributed by atoms with Crippen LogP contribution in [0, 0.1) is 0 Å². The van der Waals surface area contributed by atoms with Crippen molar-refractivity contribution >= 4 is 34.3 Å². The Morgan fingerprint density at radius 3 is 1.36 bits per heavy atom. The molecule has 0 atom stereocenters. The summed E-state index contributed by atoms with van der Waals surface area (Å²) in [5.41, 5.74) is 8.08. The third-order valence-corrected chi connectivity index (χ3v) is 10.8. The summed E-state index contributed by atoms with van der Waals surface area (Å²) < 4.78 is 18.1. The Labute approximate surface area is 344 Å².